The molecule has 2 heterocycles. The fraction of sp³-hybridized carbons (Fsp3) is 0.167. The molecule has 2 aromatic rings. The van der Waals surface area contributed by atoms with Crippen molar-refractivity contribution in [3.05, 3.63) is 40.3 Å². The van der Waals surface area contributed by atoms with Crippen LogP contribution in [-0.4, -0.2) is 26.7 Å². The highest BCUT2D eigenvalue weighted by atomic mass is 32.1. The SMILES string of the molecule is Cn1nccc1C(=O)NC(=S)NNC(=O)Cc1cccs1. The summed E-state index contributed by atoms with van der Waals surface area (Å²) in [5, 5.41) is 8.24. The average molecular weight is 323 g/mol. The van der Waals surface area contributed by atoms with Crippen LogP contribution in [0.5, 0.6) is 0 Å². The van der Waals surface area contributed by atoms with E-state index < -0.39 is 5.91 Å². The van der Waals surface area contributed by atoms with Crippen LogP contribution in [0.15, 0.2) is 29.8 Å². The Labute approximate surface area is 130 Å². The van der Waals surface area contributed by atoms with Gasteiger partial charge < -0.3 is 0 Å². The monoisotopic (exact) mass is 323 g/mol. The average Bonchev–Trinajstić information content (AvgIpc) is 3.07. The Morgan fingerprint density at radius 1 is 1.38 bits per heavy atom. The van der Waals surface area contributed by atoms with Crippen molar-refractivity contribution in [2.24, 2.45) is 7.05 Å². The van der Waals surface area contributed by atoms with Crippen LogP contribution in [-0.2, 0) is 18.3 Å². The zero-order valence-corrected chi connectivity index (χ0v) is 12.8. The second-order valence-electron chi connectivity index (χ2n) is 4.05. The third-order valence-electron chi connectivity index (χ3n) is 2.51. The Bertz CT molecular complexity index is 650. The second-order valence-corrected chi connectivity index (χ2v) is 5.49. The zero-order valence-electron chi connectivity index (χ0n) is 11.1. The van der Waals surface area contributed by atoms with Gasteiger partial charge in [-0.25, -0.2) is 0 Å². The third-order valence-corrected chi connectivity index (χ3v) is 3.59. The normalized spacial score (nSPS) is 9.95. The maximum Gasteiger partial charge on any atom is 0.275 e. The maximum absolute atomic E-state index is 11.8. The minimum atomic E-state index is -0.403. The highest BCUT2D eigenvalue weighted by Crippen LogP contribution is 2.08. The number of aryl methyl sites for hydroxylation is 1. The first-order chi connectivity index (χ1) is 10.1. The lowest BCUT2D eigenvalue weighted by molar-refractivity contribution is -0.120. The molecule has 9 heteroatoms. The van der Waals surface area contributed by atoms with E-state index in [0.717, 1.165) is 4.88 Å². The molecule has 110 valence electrons. The van der Waals surface area contributed by atoms with Crippen LogP contribution < -0.4 is 16.2 Å². The summed E-state index contributed by atoms with van der Waals surface area (Å²) < 4.78 is 1.42. The molecule has 2 amide bonds. The predicted octanol–water partition coefficient (Wildman–Crippen LogP) is 0.360. The van der Waals surface area contributed by atoms with Crippen molar-refractivity contribution in [2.75, 3.05) is 0 Å². The number of hydrazine groups is 1. The lowest BCUT2D eigenvalue weighted by Gasteiger charge is -2.10. The molecule has 0 aliphatic carbocycles. The Morgan fingerprint density at radius 3 is 2.81 bits per heavy atom. The van der Waals surface area contributed by atoms with Gasteiger partial charge in [0.15, 0.2) is 5.11 Å². The number of hydrogen-bond acceptors (Lipinski definition) is 5. The first-order valence-corrected chi connectivity index (χ1v) is 7.25. The number of thiophene rings is 1. The number of thiocarbonyl (C=S) groups is 1. The van der Waals surface area contributed by atoms with Crippen LogP contribution in [0.25, 0.3) is 0 Å². The highest BCUT2D eigenvalue weighted by Gasteiger charge is 2.11. The minimum Gasteiger partial charge on any atom is -0.296 e. The van der Waals surface area contributed by atoms with Gasteiger partial charge in [-0.05, 0) is 29.7 Å². The number of carbonyl (C=O) groups is 2. The van der Waals surface area contributed by atoms with E-state index in [9.17, 15) is 9.59 Å². The summed E-state index contributed by atoms with van der Waals surface area (Å²) in [6.45, 7) is 0. The number of carbonyl (C=O) groups excluding carboxylic acids is 2. The van der Waals surface area contributed by atoms with Gasteiger partial charge >= 0.3 is 0 Å². The molecule has 0 aromatic carbocycles. The van der Waals surface area contributed by atoms with Crippen LogP contribution in [0.2, 0.25) is 0 Å². The van der Waals surface area contributed by atoms with E-state index in [4.69, 9.17) is 12.2 Å². The van der Waals surface area contributed by atoms with E-state index in [2.05, 4.69) is 21.3 Å². The quantitative estimate of drug-likeness (QED) is 0.561. The van der Waals surface area contributed by atoms with Gasteiger partial charge in [-0.15, -0.1) is 11.3 Å². The van der Waals surface area contributed by atoms with E-state index in [1.54, 1.807) is 13.1 Å². The zero-order chi connectivity index (χ0) is 15.2. The molecule has 2 aromatic heterocycles. The molecule has 2 rings (SSSR count). The lowest BCUT2D eigenvalue weighted by atomic mass is 10.3. The number of aromatic nitrogens is 2. The summed E-state index contributed by atoms with van der Waals surface area (Å²) in [5.74, 6) is -0.644. The first-order valence-electron chi connectivity index (χ1n) is 5.97. The minimum absolute atomic E-state index is 0.0146. The Hall–Kier alpha value is -2.26. The Balaban J connectivity index is 1.76. The lowest BCUT2D eigenvalue weighted by Crippen LogP contribution is -2.49. The molecule has 21 heavy (non-hydrogen) atoms. The molecule has 0 bridgehead atoms. The maximum atomic E-state index is 11.8. The molecule has 0 saturated heterocycles. The Morgan fingerprint density at radius 2 is 2.19 bits per heavy atom. The summed E-state index contributed by atoms with van der Waals surface area (Å²) in [6, 6.07) is 5.31. The molecule has 7 nitrogen and oxygen atoms in total. The number of nitrogens with one attached hydrogen (secondary N) is 3. The van der Waals surface area contributed by atoms with Crippen molar-refractivity contribution < 1.29 is 9.59 Å². The summed E-state index contributed by atoms with van der Waals surface area (Å²) >= 11 is 6.42. The fourth-order valence-electron chi connectivity index (χ4n) is 1.54. The van der Waals surface area contributed by atoms with E-state index in [1.807, 2.05) is 17.5 Å². The standard InChI is InChI=1S/C12H13N5O2S2/c1-17-9(4-5-13-17)11(19)14-12(20)16-15-10(18)7-8-3-2-6-21-8/h2-6H,7H2,1H3,(H,15,18)(H2,14,16,19,20). The van der Waals surface area contributed by atoms with E-state index in [1.165, 1.54) is 22.2 Å². The molecule has 0 saturated carbocycles. The Kier molecular flexibility index (Phi) is 5.01. The summed E-state index contributed by atoms with van der Waals surface area (Å²) in [7, 11) is 1.65. The summed E-state index contributed by atoms with van der Waals surface area (Å²) in [5.41, 5.74) is 5.27. The number of rotatable bonds is 3. The van der Waals surface area contributed by atoms with Crippen LogP contribution in [0.3, 0.4) is 0 Å². The van der Waals surface area contributed by atoms with Crippen LogP contribution in [0.1, 0.15) is 15.4 Å². The molecule has 0 radical (unpaired) electrons. The number of hydrogen-bond donors (Lipinski definition) is 3. The number of nitrogens with zero attached hydrogens (tertiary/aromatic N) is 2. The van der Waals surface area contributed by atoms with Gasteiger partial charge in [-0.2, -0.15) is 5.10 Å². The largest absolute Gasteiger partial charge is 0.296 e. The molecular weight excluding hydrogens is 310 g/mol. The topological polar surface area (TPSA) is 88.1 Å². The smallest absolute Gasteiger partial charge is 0.275 e. The van der Waals surface area contributed by atoms with Crippen molar-refractivity contribution in [3.63, 3.8) is 0 Å². The highest BCUT2D eigenvalue weighted by molar-refractivity contribution is 7.80. The van der Waals surface area contributed by atoms with Crippen molar-refractivity contribution in [1.29, 1.82) is 0 Å². The van der Waals surface area contributed by atoms with Crippen molar-refractivity contribution >= 4 is 40.5 Å². The second kappa shape index (κ2) is 6.95. The molecule has 0 spiro atoms. The molecule has 0 atom stereocenters. The van der Waals surface area contributed by atoms with Crippen LogP contribution >= 0.6 is 23.6 Å². The van der Waals surface area contributed by atoms with Gasteiger partial charge in [-0.3, -0.25) is 30.4 Å². The van der Waals surface area contributed by atoms with E-state index in [-0.39, 0.29) is 17.4 Å². The fourth-order valence-corrected chi connectivity index (χ4v) is 2.38. The first kappa shape index (κ1) is 15.1. The molecule has 0 fully saturated rings. The van der Waals surface area contributed by atoms with Crippen LogP contribution in [0.4, 0.5) is 0 Å². The molecule has 0 aliphatic rings. The van der Waals surface area contributed by atoms with Gasteiger partial charge in [0.05, 0.1) is 6.42 Å². The predicted molar refractivity (Wildman–Crippen MR) is 82.6 cm³/mol. The third kappa shape index (κ3) is 4.36. The molecule has 3 N–H and O–H groups in total. The molecule has 0 unspecified atom stereocenters. The summed E-state index contributed by atoms with van der Waals surface area (Å²) in [4.78, 5) is 24.4. The van der Waals surface area contributed by atoms with Crippen molar-refractivity contribution in [1.82, 2.24) is 25.9 Å². The van der Waals surface area contributed by atoms with E-state index in [0.29, 0.717) is 5.69 Å². The van der Waals surface area contributed by atoms with Crippen LogP contribution in [0, 0.1) is 0 Å². The molecule has 0 aliphatic heterocycles. The summed E-state index contributed by atoms with van der Waals surface area (Å²) in [6.07, 6.45) is 1.76. The van der Waals surface area contributed by atoms with E-state index >= 15 is 0 Å². The van der Waals surface area contributed by atoms with Crippen molar-refractivity contribution in [3.8, 4) is 0 Å². The number of amides is 2. The van der Waals surface area contributed by atoms with Gasteiger partial charge in [0.1, 0.15) is 5.69 Å². The molecular formula is C12H13N5O2S2. The van der Waals surface area contributed by atoms with Gasteiger partial charge in [0.25, 0.3) is 5.91 Å². The van der Waals surface area contributed by atoms with Crippen molar-refractivity contribution in [2.45, 2.75) is 6.42 Å². The van der Waals surface area contributed by atoms with Gasteiger partial charge in [-0.1, -0.05) is 6.07 Å². The van der Waals surface area contributed by atoms with Gasteiger partial charge in [0, 0.05) is 18.1 Å². The van der Waals surface area contributed by atoms with Gasteiger partial charge in [0.2, 0.25) is 5.91 Å².